The van der Waals surface area contributed by atoms with E-state index in [1.54, 1.807) is 0 Å². The van der Waals surface area contributed by atoms with Gasteiger partial charge in [0, 0.05) is 17.5 Å². The molecule has 0 radical (unpaired) electrons. The summed E-state index contributed by atoms with van der Waals surface area (Å²) >= 11 is 5.97. The third-order valence-electron chi connectivity index (χ3n) is 4.82. The van der Waals surface area contributed by atoms with E-state index in [0.717, 1.165) is 31.2 Å². The lowest BCUT2D eigenvalue weighted by Gasteiger charge is -2.26. The minimum absolute atomic E-state index is 0.0309. The van der Waals surface area contributed by atoms with Crippen LogP contribution in [0, 0.1) is 11.8 Å². The van der Waals surface area contributed by atoms with Gasteiger partial charge in [-0.05, 0) is 42.9 Å². The topological polar surface area (TPSA) is 58.2 Å². The Morgan fingerprint density at radius 2 is 1.92 bits per heavy atom. The first-order valence-electron chi connectivity index (χ1n) is 9.30. The van der Waals surface area contributed by atoms with Crippen molar-refractivity contribution in [2.45, 2.75) is 58.4 Å². The van der Waals surface area contributed by atoms with Crippen molar-refractivity contribution in [3.8, 4) is 0 Å². The van der Waals surface area contributed by atoms with Crippen LogP contribution in [-0.4, -0.2) is 24.4 Å². The van der Waals surface area contributed by atoms with E-state index in [1.807, 2.05) is 38.1 Å². The Labute approximate surface area is 155 Å². The van der Waals surface area contributed by atoms with Crippen LogP contribution < -0.4 is 10.6 Å². The molecule has 0 aromatic heterocycles. The van der Waals surface area contributed by atoms with E-state index in [1.165, 1.54) is 6.42 Å². The van der Waals surface area contributed by atoms with Gasteiger partial charge in [0.1, 0.15) is 6.04 Å². The van der Waals surface area contributed by atoms with Crippen molar-refractivity contribution in [3.05, 3.63) is 34.9 Å². The minimum Gasteiger partial charge on any atom is -0.354 e. The molecule has 0 aliphatic heterocycles. The van der Waals surface area contributed by atoms with Crippen LogP contribution >= 0.6 is 11.6 Å². The highest BCUT2D eigenvalue weighted by Gasteiger charge is 2.28. The summed E-state index contributed by atoms with van der Waals surface area (Å²) < 4.78 is 0. The molecule has 2 rings (SSSR count). The second kappa shape index (κ2) is 9.81. The van der Waals surface area contributed by atoms with Crippen molar-refractivity contribution in [1.82, 2.24) is 10.6 Å². The summed E-state index contributed by atoms with van der Waals surface area (Å²) in [6.45, 7) is 4.45. The molecule has 1 unspecified atom stereocenters. The van der Waals surface area contributed by atoms with Crippen LogP contribution in [0.5, 0.6) is 0 Å². The SMILES string of the molecule is CC(C)C(NC(=O)C1CCCCC1)C(=O)NCCc1cccc(Cl)c1. The Bertz CT molecular complexity index is 583. The Morgan fingerprint density at radius 3 is 2.56 bits per heavy atom. The number of carbonyl (C=O) groups excluding carboxylic acids is 2. The summed E-state index contributed by atoms with van der Waals surface area (Å²) in [5, 5.41) is 6.61. The van der Waals surface area contributed by atoms with Crippen LogP contribution in [0.1, 0.15) is 51.5 Å². The van der Waals surface area contributed by atoms with Gasteiger partial charge < -0.3 is 10.6 Å². The first-order valence-corrected chi connectivity index (χ1v) is 9.67. The number of halogens is 1. The molecule has 1 saturated carbocycles. The van der Waals surface area contributed by atoms with Crippen molar-refractivity contribution < 1.29 is 9.59 Å². The fourth-order valence-electron chi connectivity index (χ4n) is 3.30. The molecule has 1 atom stereocenters. The molecule has 1 aliphatic rings. The first kappa shape index (κ1) is 19.8. The minimum atomic E-state index is -0.478. The fraction of sp³-hybridized carbons (Fsp3) is 0.600. The zero-order valence-corrected chi connectivity index (χ0v) is 15.9. The molecule has 0 spiro atoms. The molecule has 2 amide bonds. The molecule has 0 bridgehead atoms. The second-order valence-corrected chi connectivity index (χ2v) is 7.67. The van der Waals surface area contributed by atoms with Gasteiger partial charge in [0.15, 0.2) is 0 Å². The highest BCUT2D eigenvalue weighted by molar-refractivity contribution is 6.30. The average molecular weight is 365 g/mol. The van der Waals surface area contributed by atoms with Crippen molar-refractivity contribution in [3.63, 3.8) is 0 Å². The number of hydrogen-bond acceptors (Lipinski definition) is 2. The fourth-order valence-corrected chi connectivity index (χ4v) is 3.52. The molecule has 1 aromatic rings. The summed E-state index contributed by atoms with van der Waals surface area (Å²) in [6, 6.07) is 7.15. The Morgan fingerprint density at radius 1 is 1.20 bits per heavy atom. The van der Waals surface area contributed by atoms with Gasteiger partial charge in [-0.3, -0.25) is 9.59 Å². The van der Waals surface area contributed by atoms with Gasteiger partial charge in [-0.15, -0.1) is 0 Å². The van der Waals surface area contributed by atoms with Crippen LogP contribution in [0.25, 0.3) is 0 Å². The number of carbonyl (C=O) groups is 2. The molecular weight excluding hydrogens is 336 g/mol. The van der Waals surface area contributed by atoms with Gasteiger partial charge in [0.05, 0.1) is 0 Å². The maximum absolute atomic E-state index is 12.5. The van der Waals surface area contributed by atoms with E-state index < -0.39 is 6.04 Å². The van der Waals surface area contributed by atoms with Gasteiger partial charge in [-0.1, -0.05) is 56.8 Å². The van der Waals surface area contributed by atoms with Crippen LogP contribution in [-0.2, 0) is 16.0 Å². The smallest absolute Gasteiger partial charge is 0.242 e. The summed E-state index contributed by atoms with van der Waals surface area (Å²) in [5.41, 5.74) is 1.08. The van der Waals surface area contributed by atoms with E-state index in [0.29, 0.717) is 18.0 Å². The van der Waals surface area contributed by atoms with Crippen molar-refractivity contribution >= 4 is 23.4 Å². The average Bonchev–Trinajstić information content (AvgIpc) is 2.60. The molecular formula is C20H29ClN2O2. The van der Waals surface area contributed by atoms with Crippen LogP contribution in [0.4, 0.5) is 0 Å². The zero-order valence-electron chi connectivity index (χ0n) is 15.2. The predicted octanol–water partition coefficient (Wildman–Crippen LogP) is 3.72. The number of nitrogens with one attached hydrogen (secondary N) is 2. The van der Waals surface area contributed by atoms with Crippen molar-refractivity contribution in [2.24, 2.45) is 11.8 Å². The van der Waals surface area contributed by atoms with E-state index in [4.69, 9.17) is 11.6 Å². The first-order chi connectivity index (χ1) is 12.0. The molecule has 0 saturated heterocycles. The summed E-state index contributed by atoms with van der Waals surface area (Å²) in [6.07, 6.45) is 6.02. The predicted molar refractivity (Wildman–Crippen MR) is 102 cm³/mol. The Hall–Kier alpha value is -1.55. The number of rotatable bonds is 7. The third kappa shape index (κ3) is 6.35. The largest absolute Gasteiger partial charge is 0.354 e. The van der Waals surface area contributed by atoms with Crippen LogP contribution in [0.2, 0.25) is 5.02 Å². The molecule has 138 valence electrons. The molecule has 1 aliphatic carbocycles. The zero-order chi connectivity index (χ0) is 18.2. The molecule has 1 fully saturated rings. The van der Waals surface area contributed by atoms with E-state index >= 15 is 0 Å². The van der Waals surface area contributed by atoms with Crippen molar-refractivity contribution in [1.29, 1.82) is 0 Å². The maximum Gasteiger partial charge on any atom is 0.242 e. The van der Waals surface area contributed by atoms with Gasteiger partial charge >= 0.3 is 0 Å². The Balaban J connectivity index is 1.83. The number of hydrogen-bond donors (Lipinski definition) is 2. The van der Waals surface area contributed by atoms with Crippen LogP contribution in [0.15, 0.2) is 24.3 Å². The standard InChI is InChI=1S/C20H29ClN2O2/c1-14(2)18(23-19(24)16-8-4-3-5-9-16)20(25)22-12-11-15-7-6-10-17(21)13-15/h6-7,10,13-14,16,18H,3-5,8-9,11-12H2,1-2H3,(H,22,25)(H,23,24). The molecule has 5 heteroatoms. The normalized spacial score (nSPS) is 16.5. The lowest BCUT2D eigenvalue weighted by atomic mass is 9.88. The number of amides is 2. The summed E-state index contributed by atoms with van der Waals surface area (Å²) in [4.78, 5) is 25.0. The van der Waals surface area contributed by atoms with E-state index in [9.17, 15) is 9.59 Å². The van der Waals surface area contributed by atoms with Gasteiger partial charge in [0.2, 0.25) is 11.8 Å². The maximum atomic E-state index is 12.5. The summed E-state index contributed by atoms with van der Waals surface area (Å²) in [5.74, 6) is 0.0394. The lowest BCUT2D eigenvalue weighted by molar-refractivity contribution is -0.132. The van der Waals surface area contributed by atoms with Gasteiger partial charge in [0.25, 0.3) is 0 Å². The highest BCUT2D eigenvalue weighted by atomic mass is 35.5. The highest BCUT2D eigenvalue weighted by Crippen LogP contribution is 2.24. The van der Waals surface area contributed by atoms with Gasteiger partial charge in [-0.25, -0.2) is 0 Å². The number of benzene rings is 1. The molecule has 1 aromatic carbocycles. The van der Waals surface area contributed by atoms with Crippen molar-refractivity contribution in [2.75, 3.05) is 6.54 Å². The van der Waals surface area contributed by atoms with E-state index in [-0.39, 0.29) is 23.7 Å². The molecule has 0 heterocycles. The quantitative estimate of drug-likeness (QED) is 0.774. The second-order valence-electron chi connectivity index (χ2n) is 7.24. The molecule has 4 nitrogen and oxygen atoms in total. The third-order valence-corrected chi connectivity index (χ3v) is 5.06. The summed E-state index contributed by atoms with van der Waals surface area (Å²) in [7, 11) is 0. The lowest BCUT2D eigenvalue weighted by Crippen LogP contribution is -2.51. The Kier molecular flexibility index (Phi) is 7.76. The van der Waals surface area contributed by atoms with Crippen LogP contribution in [0.3, 0.4) is 0 Å². The monoisotopic (exact) mass is 364 g/mol. The molecule has 25 heavy (non-hydrogen) atoms. The molecule has 2 N–H and O–H groups in total. The van der Waals surface area contributed by atoms with Gasteiger partial charge in [-0.2, -0.15) is 0 Å². The van der Waals surface area contributed by atoms with E-state index in [2.05, 4.69) is 10.6 Å².